The van der Waals surface area contributed by atoms with Gasteiger partial charge < -0.3 is 10.0 Å². The molecule has 154 valence electrons. The minimum absolute atomic E-state index is 0.0468. The fourth-order valence-corrected chi connectivity index (χ4v) is 5.07. The zero-order chi connectivity index (χ0) is 21.0. The second-order valence-corrected chi connectivity index (χ2v) is 9.21. The molecule has 0 saturated carbocycles. The maximum atomic E-state index is 13.2. The molecule has 1 aliphatic heterocycles. The van der Waals surface area contributed by atoms with E-state index >= 15 is 0 Å². The number of aliphatic hydroxyl groups excluding tert-OH is 1. The molecule has 0 amide bonds. The maximum absolute atomic E-state index is 13.2. The molecule has 7 heteroatoms. The van der Waals surface area contributed by atoms with Gasteiger partial charge in [0.25, 0.3) is 0 Å². The number of carbonyl (C=O) groups excluding carboxylic acids is 1. The van der Waals surface area contributed by atoms with Gasteiger partial charge in [-0.3, -0.25) is 4.79 Å². The molecule has 0 radical (unpaired) electrons. The summed E-state index contributed by atoms with van der Waals surface area (Å²) in [5.74, 6) is -0.431. The zero-order valence-electron chi connectivity index (χ0n) is 16.7. The van der Waals surface area contributed by atoms with Gasteiger partial charge in [-0.05, 0) is 55.3 Å². The van der Waals surface area contributed by atoms with E-state index in [-0.39, 0.29) is 10.9 Å². The van der Waals surface area contributed by atoms with Gasteiger partial charge in [0.2, 0.25) is 10.0 Å². The van der Waals surface area contributed by atoms with Gasteiger partial charge in [0.1, 0.15) is 6.61 Å². The van der Waals surface area contributed by atoms with E-state index in [9.17, 15) is 13.2 Å². The zero-order valence-corrected chi connectivity index (χ0v) is 17.5. The highest BCUT2D eigenvalue weighted by Crippen LogP contribution is 2.25. The number of ketones is 1. The molecule has 3 rings (SSSR count). The highest BCUT2D eigenvalue weighted by molar-refractivity contribution is 7.89. The van der Waals surface area contributed by atoms with Crippen molar-refractivity contribution in [1.29, 1.82) is 0 Å². The number of hydrogen-bond acceptors (Lipinski definition) is 5. The highest BCUT2D eigenvalue weighted by atomic mass is 32.2. The monoisotopic (exact) mass is 414 g/mol. The minimum Gasteiger partial charge on any atom is -0.388 e. The van der Waals surface area contributed by atoms with Crippen LogP contribution in [0.5, 0.6) is 0 Å². The van der Waals surface area contributed by atoms with Gasteiger partial charge in [0.05, 0.1) is 4.90 Å². The van der Waals surface area contributed by atoms with Crippen LogP contribution in [0.15, 0.2) is 59.5 Å². The molecule has 0 bridgehead atoms. The summed E-state index contributed by atoms with van der Waals surface area (Å²) in [6, 6.07) is 14.8. The van der Waals surface area contributed by atoms with Crippen LogP contribution in [-0.4, -0.2) is 55.9 Å². The van der Waals surface area contributed by atoms with E-state index in [0.717, 1.165) is 5.69 Å². The Morgan fingerprint density at radius 3 is 2.62 bits per heavy atom. The van der Waals surface area contributed by atoms with Crippen molar-refractivity contribution in [2.75, 3.05) is 31.1 Å². The van der Waals surface area contributed by atoms with Gasteiger partial charge in [-0.25, -0.2) is 8.42 Å². The number of sulfonamides is 1. The summed E-state index contributed by atoms with van der Waals surface area (Å²) < 4.78 is 27.8. The molecular weight excluding hydrogens is 388 g/mol. The summed E-state index contributed by atoms with van der Waals surface area (Å²) >= 11 is 0. The molecule has 1 unspecified atom stereocenters. The third-order valence-electron chi connectivity index (χ3n) is 5.04. The second kappa shape index (κ2) is 8.90. The lowest BCUT2D eigenvalue weighted by molar-refractivity contribution is -0.117. The van der Waals surface area contributed by atoms with E-state index in [2.05, 4.69) is 17.0 Å². The summed E-state index contributed by atoms with van der Waals surface area (Å²) in [6.45, 7) is 4.93. The molecule has 0 spiro atoms. The molecule has 1 N–H and O–H groups in total. The first-order valence-corrected chi connectivity index (χ1v) is 11.0. The number of aryl methyl sites for hydroxylation is 1. The van der Waals surface area contributed by atoms with Gasteiger partial charge >= 0.3 is 0 Å². The summed E-state index contributed by atoms with van der Waals surface area (Å²) in [5, 5.41) is 8.80. The Kier molecular flexibility index (Phi) is 6.52. The van der Waals surface area contributed by atoms with E-state index in [1.807, 2.05) is 26.0 Å². The standard InChI is InChI=1S/C22H26N2O4S/c1-17-5-3-7-20(13-17)24-12-11-23(15-18(24)2)29(27,28)22-8-4-6-19(14-22)9-10-21(26)16-25/h3-10,13-14,18,25H,11-12,15-16H2,1-2H3/b10-9+. The van der Waals surface area contributed by atoms with E-state index in [1.54, 1.807) is 24.3 Å². The first-order valence-electron chi connectivity index (χ1n) is 9.56. The largest absolute Gasteiger partial charge is 0.388 e. The molecule has 0 aromatic heterocycles. The van der Waals surface area contributed by atoms with Crippen LogP contribution >= 0.6 is 0 Å². The quantitative estimate of drug-likeness (QED) is 0.735. The molecule has 1 aliphatic rings. The fourth-order valence-electron chi connectivity index (χ4n) is 3.50. The summed E-state index contributed by atoms with van der Waals surface area (Å²) in [7, 11) is -3.64. The van der Waals surface area contributed by atoms with Gasteiger partial charge in [-0.15, -0.1) is 0 Å². The predicted molar refractivity (Wildman–Crippen MR) is 114 cm³/mol. The van der Waals surface area contributed by atoms with Crippen molar-refractivity contribution in [2.45, 2.75) is 24.8 Å². The Hall–Kier alpha value is -2.48. The van der Waals surface area contributed by atoms with Crippen molar-refractivity contribution in [3.05, 3.63) is 65.7 Å². The molecule has 1 saturated heterocycles. The normalized spacial score (nSPS) is 18.3. The molecule has 1 atom stereocenters. The first-order chi connectivity index (χ1) is 13.8. The fraction of sp³-hybridized carbons (Fsp3) is 0.318. The highest BCUT2D eigenvalue weighted by Gasteiger charge is 2.32. The average molecular weight is 415 g/mol. The third-order valence-corrected chi connectivity index (χ3v) is 6.90. The lowest BCUT2D eigenvalue weighted by Gasteiger charge is -2.40. The van der Waals surface area contributed by atoms with Crippen molar-refractivity contribution >= 4 is 27.6 Å². The van der Waals surface area contributed by atoms with Crippen molar-refractivity contribution in [2.24, 2.45) is 0 Å². The number of carbonyl (C=O) groups is 1. The van der Waals surface area contributed by atoms with Crippen LogP contribution in [0.2, 0.25) is 0 Å². The molecule has 29 heavy (non-hydrogen) atoms. The summed E-state index contributed by atoms with van der Waals surface area (Å²) in [6.07, 6.45) is 2.75. The topological polar surface area (TPSA) is 77.9 Å². The summed E-state index contributed by atoms with van der Waals surface area (Å²) in [4.78, 5) is 13.7. The van der Waals surface area contributed by atoms with E-state index in [0.29, 0.717) is 25.2 Å². The van der Waals surface area contributed by atoms with Gasteiger partial charge in [-0.1, -0.05) is 30.3 Å². The van der Waals surface area contributed by atoms with Crippen molar-refractivity contribution in [3.63, 3.8) is 0 Å². The predicted octanol–water partition coefficient (Wildman–Crippen LogP) is 2.47. The maximum Gasteiger partial charge on any atom is 0.243 e. The Balaban J connectivity index is 1.77. The average Bonchev–Trinajstić information content (AvgIpc) is 2.72. The minimum atomic E-state index is -3.64. The number of piperazine rings is 1. The van der Waals surface area contributed by atoms with Crippen LogP contribution in [0, 0.1) is 6.92 Å². The van der Waals surface area contributed by atoms with Gasteiger partial charge in [0.15, 0.2) is 5.78 Å². The summed E-state index contributed by atoms with van der Waals surface area (Å²) in [5.41, 5.74) is 2.88. The smallest absolute Gasteiger partial charge is 0.243 e. The van der Waals surface area contributed by atoms with Crippen LogP contribution in [0.3, 0.4) is 0 Å². The molecule has 1 fully saturated rings. The van der Waals surface area contributed by atoms with Gasteiger partial charge in [0, 0.05) is 31.4 Å². The number of benzene rings is 2. The Labute approximate surface area is 172 Å². The number of anilines is 1. The Bertz CT molecular complexity index is 1020. The lowest BCUT2D eigenvalue weighted by atomic mass is 10.1. The van der Waals surface area contributed by atoms with Crippen LogP contribution in [-0.2, 0) is 14.8 Å². The molecule has 1 heterocycles. The Morgan fingerprint density at radius 1 is 1.17 bits per heavy atom. The number of aliphatic hydroxyl groups is 1. The molecule has 2 aromatic rings. The molecule has 0 aliphatic carbocycles. The van der Waals surface area contributed by atoms with Crippen LogP contribution in [0.4, 0.5) is 5.69 Å². The second-order valence-electron chi connectivity index (χ2n) is 7.27. The van der Waals surface area contributed by atoms with Crippen LogP contribution in [0.1, 0.15) is 18.1 Å². The van der Waals surface area contributed by atoms with E-state index in [1.165, 1.54) is 22.0 Å². The van der Waals surface area contributed by atoms with Crippen molar-refractivity contribution in [1.82, 2.24) is 4.31 Å². The van der Waals surface area contributed by atoms with E-state index < -0.39 is 22.4 Å². The molecule has 6 nitrogen and oxygen atoms in total. The van der Waals surface area contributed by atoms with Crippen molar-refractivity contribution < 1.29 is 18.3 Å². The Morgan fingerprint density at radius 2 is 1.93 bits per heavy atom. The van der Waals surface area contributed by atoms with E-state index in [4.69, 9.17) is 5.11 Å². The van der Waals surface area contributed by atoms with Crippen molar-refractivity contribution in [3.8, 4) is 0 Å². The number of rotatable bonds is 6. The number of nitrogens with zero attached hydrogens (tertiary/aromatic N) is 2. The van der Waals surface area contributed by atoms with Crippen LogP contribution < -0.4 is 4.90 Å². The molecular formula is C22H26N2O4S. The number of hydrogen-bond donors (Lipinski definition) is 1. The SMILES string of the molecule is Cc1cccc(N2CCN(S(=O)(=O)c3cccc(/C=C/C(=O)CO)c3)CC2C)c1. The van der Waals surface area contributed by atoms with Crippen LogP contribution in [0.25, 0.3) is 6.08 Å². The van der Waals surface area contributed by atoms with Gasteiger partial charge in [-0.2, -0.15) is 4.31 Å². The third kappa shape index (κ3) is 4.93. The molecule has 2 aromatic carbocycles. The lowest BCUT2D eigenvalue weighted by Crippen LogP contribution is -2.53. The first kappa shape index (κ1) is 21.2.